The Kier molecular flexibility index (Phi) is 7.29. The number of nitrogens with zero attached hydrogens (tertiary/aromatic N) is 1. The fourth-order valence-corrected chi connectivity index (χ4v) is 3.59. The lowest BCUT2D eigenvalue weighted by molar-refractivity contribution is -0.123. The van der Waals surface area contributed by atoms with Crippen molar-refractivity contribution in [1.82, 2.24) is 10.2 Å². The van der Waals surface area contributed by atoms with E-state index in [4.69, 9.17) is 14.6 Å². The number of benzene rings is 3. The predicted molar refractivity (Wildman–Crippen MR) is 129 cm³/mol. The molecule has 3 aromatic rings. The van der Waals surface area contributed by atoms with Gasteiger partial charge in [-0.2, -0.15) is 0 Å². The van der Waals surface area contributed by atoms with Crippen molar-refractivity contribution in [3.63, 3.8) is 0 Å². The van der Waals surface area contributed by atoms with E-state index in [9.17, 15) is 18.8 Å². The third kappa shape index (κ3) is 5.52. The van der Waals surface area contributed by atoms with Gasteiger partial charge in [-0.15, -0.1) is 0 Å². The van der Waals surface area contributed by atoms with Gasteiger partial charge in [0.15, 0.2) is 11.5 Å². The summed E-state index contributed by atoms with van der Waals surface area (Å²) in [7, 11) is 0. The number of imide groups is 1. The topological polar surface area (TPSA) is 105 Å². The number of nitrogens with one attached hydrogen (secondary N) is 1. The minimum atomic E-state index is -1.00. The molecule has 1 aliphatic heterocycles. The first-order valence-electron chi connectivity index (χ1n) is 11.2. The lowest BCUT2D eigenvalue weighted by Gasteiger charge is -2.13. The number of carbonyl (C=O) groups is 3. The molecule has 1 heterocycles. The van der Waals surface area contributed by atoms with Crippen LogP contribution in [0.3, 0.4) is 0 Å². The van der Waals surface area contributed by atoms with Crippen LogP contribution < -0.4 is 14.8 Å². The van der Waals surface area contributed by atoms with E-state index in [0.717, 1.165) is 10.5 Å². The molecule has 36 heavy (non-hydrogen) atoms. The van der Waals surface area contributed by atoms with E-state index in [0.29, 0.717) is 23.7 Å². The summed E-state index contributed by atoms with van der Waals surface area (Å²) in [6.45, 7) is 2.20. The number of urea groups is 1. The smallest absolute Gasteiger partial charge is 0.335 e. The number of hydrogen-bond acceptors (Lipinski definition) is 5. The standard InChI is InChI=1S/C27H23FN2O6/c1-2-35-24-14-18(9-12-23(24)36-16-17-7-10-19(11-8-17)26(32)33)13-22-25(31)30(27(34)29-22)15-20-5-3-4-6-21(20)28/h3-14H,2,15-16H2,1H3,(H,29,34)(H,32,33)/b22-13-. The first kappa shape index (κ1) is 24.5. The van der Waals surface area contributed by atoms with Crippen molar-refractivity contribution in [3.05, 3.63) is 100 Å². The number of hydrogen-bond donors (Lipinski definition) is 2. The van der Waals surface area contributed by atoms with Gasteiger partial charge in [0.2, 0.25) is 0 Å². The van der Waals surface area contributed by atoms with Crippen molar-refractivity contribution < 1.29 is 33.4 Å². The number of halogens is 1. The van der Waals surface area contributed by atoms with Crippen molar-refractivity contribution in [2.45, 2.75) is 20.1 Å². The molecule has 184 valence electrons. The van der Waals surface area contributed by atoms with Gasteiger partial charge in [0, 0.05) is 5.56 Å². The SMILES string of the molecule is CCOc1cc(/C=C2\NC(=O)N(Cc3ccccc3F)C2=O)ccc1OCc1ccc(C(=O)O)cc1. The molecule has 0 spiro atoms. The zero-order valence-corrected chi connectivity index (χ0v) is 19.4. The van der Waals surface area contributed by atoms with Gasteiger partial charge < -0.3 is 19.9 Å². The molecule has 8 nitrogen and oxygen atoms in total. The fraction of sp³-hybridized carbons (Fsp3) is 0.148. The van der Waals surface area contributed by atoms with Crippen molar-refractivity contribution in [3.8, 4) is 11.5 Å². The zero-order chi connectivity index (χ0) is 25.7. The quantitative estimate of drug-likeness (QED) is 0.336. The van der Waals surface area contributed by atoms with E-state index in [2.05, 4.69) is 5.32 Å². The Morgan fingerprint density at radius 3 is 2.47 bits per heavy atom. The molecule has 0 bridgehead atoms. The fourth-order valence-electron chi connectivity index (χ4n) is 3.59. The Bertz CT molecular complexity index is 1340. The summed E-state index contributed by atoms with van der Waals surface area (Å²) in [4.78, 5) is 37.1. The first-order chi connectivity index (χ1) is 17.4. The van der Waals surface area contributed by atoms with Crippen LogP contribution >= 0.6 is 0 Å². The largest absolute Gasteiger partial charge is 0.490 e. The van der Waals surface area contributed by atoms with Gasteiger partial charge in [0.05, 0.1) is 18.7 Å². The van der Waals surface area contributed by atoms with Gasteiger partial charge in [-0.3, -0.25) is 9.69 Å². The molecular weight excluding hydrogens is 467 g/mol. The third-order valence-electron chi connectivity index (χ3n) is 5.42. The molecule has 1 saturated heterocycles. The summed E-state index contributed by atoms with van der Waals surface area (Å²) in [5.74, 6) is -1.16. The molecule has 3 amide bonds. The highest BCUT2D eigenvalue weighted by atomic mass is 19.1. The molecule has 0 saturated carbocycles. The predicted octanol–water partition coefficient (Wildman–Crippen LogP) is 4.59. The second kappa shape index (κ2) is 10.7. The Balaban J connectivity index is 1.49. The second-order valence-corrected chi connectivity index (χ2v) is 7.90. The van der Waals surface area contributed by atoms with Crippen LogP contribution in [0.15, 0.2) is 72.4 Å². The summed E-state index contributed by atoms with van der Waals surface area (Å²) in [5, 5.41) is 11.5. The number of carboxylic acid groups (broad SMARTS) is 1. The van der Waals surface area contributed by atoms with Gasteiger partial charge in [-0.05, 0) is 54.5 Å². The highest BCUT2D eigenvalue weighted by Gasteiger charge is 2.34. The molecule has 0 aliphatic carbocycles. The highest BCUT2D eigenvalue weighted by molar-refractivity contribution is 6.13. The third-order valence-corrected chi connectivity index (χ3v) is 5.42. The average molecular weight is 490 g/mol. The number of carboxylic acids is 1. The van der Waals surface area contributed by atoms with E-state index in [-0.39, 0.29) is 30.0 Å². The Labute approximate surface area is 206 Å². The van der Waals surface area contributed by atoms with Crippen LogP contribution in [0.4, 0.5) is 9.18 Å². The van der Waals surface area contributed by atoms with Crippen LogP contribution in [0.25, 0.3) is 6.08 Å². The number of amides is 3. The van der Waals surface area contributed by atoms with Crippen LogP contribution in [-0.4, -0.2) is 34.5 Å². The lowest BCUT2D eigenvalue weighted by Crippen LogP contribution is -2.30. The maximum atomic E-state index is 14.0. The molecule has 4 rings (SSSR count). The van der Waals surface area contributed by atoms with Crippen LogP contribution in [0.2, 0.25) is 0 Å². The molecule has 1 fully saturated rings. The minimum Gasteiger partial charge on any atom is -0.490 e. The summed E-state index contributed by atoms with van der Waals surface area (Å²) in [5.41, 5.74) is 1.86. The number of carbonyl (C=O) groups excluding carboxylic acids is 2. The molecule has 9 heteroatoms. The molecule has 3 aromatic carbocycles. The Hall–Kier alpha value is -4.66. The van der Waals surface area contributed by atoms with E-state index >= 15 is 0 Å². The van der Waals surface area contributed by atoms with Crippen molar-refractivity contribution in [2.24, 2.45) is 0 Å². The molecule has 0 radical (unpaired) electrons. The molecular formula is C27H23FN2O6. The number of rotatable bonds is 9. The number of ether oxygens (including phenoxy) is 2. The van der Waals surface area contributed by atoms with Crippen LogP contribution in [-0.2, 0) is 17.9 Å². The molecule has 2 N–H and O–H groups in total. The second-order valence-electron chi connectivity index (χ2n) is 7.90. The number of aromatic carboxylic acids is 1. The normalized spacial score (nSPS) is 14.2. The van der Waals surface area contributed by atoms with E-state index in [1.54, 1.807) is 36.4 Å². The molecule has 0 aromatic heterocycles. The van der Waals surface area contributed by atoms with Crippen LogP contribution in [0, 0.1) is 5.82 Å². The van der Waals surface area contributed by atoms with E-state index in [1.807, 2.05) is 6.92 Å². The first-order valence-corrected chi connectivity index (χ1v) is 11.2. The van der Waals surface area contributed by atoms with Gasteiger partial charge in [-0.1, -0.05) is 36.4 Å². The maximum Gasteiger partial charge on any atom is 0.335 e. The van der Waals surface area contributed by atoms with E-state index < -0.39 is 23.7 Å². The zero-order valence-electron chi connectivity index (χ0n) is 19.4. The summed E-state index contributed by atoms with van der Waals surface area (Å²) in [6.07, 6.45) is 1.51. The van der Waals surface area contributed by atoms with Gasteiger partial charge in [-0.25, -0.2) is 14.0 Å². The summed E-state index contributed by atoms with van der Waals surface area (Å²) in [6, 6.07) is 16.7. The van der Waals surface area contributed by atoms with Crippen molar-refractivity contribution >= 4 is 24.0 Å². The summed E-state index contributed by atoms with van der Waals surface area (Å²) >= 11 is 0. The maximum absolute atomic E-state index is 14.0. The molecule has 1 aliphatic rings. The van der Waals surface area contributed by atoms with Gasteiger partial charge >= 0.3 is 12.0 Å². The van der Waals surface area contributed by atoms with Gasteiger partial charge in [0.1, 0.15) is 18.1 Å². The van der Waals surface area contributed by atoms with Crippen LogP contribution in [0.5, 0.6) is 11.5 Å². The molecule has 0 atom stereocenters. The summed E-state index contributed by atoms with van der Waals surface area (Å²) < 4.78 is 25.5. The van der Waals surface area contributed by atoms with Gasteiger partial charge in [0.25, 0.3) is 5.91 Å². The van der Waals surface area contributed by atoms with Crippen molar-refractivity contribution in [1.29, 1.82) is 0 Å². The molecule has 0 unspecified atom stereocenters. The van der Waals surface area contributed by atoms with Crippen LogP contribution in [0.1, 0.15) is 34.0 Å². The Morgan fingerprint density at radius 2 is 1.78 bits per heavy atom. The minimum absolute atomic E-state index is 0.0611. The monoisotopic (exact) mass is 490 g/mol. The van der Waals surface area contributed by atoms with Crippen molar-refractivity contribution in [2.75, 3.05) is 6.61 Å². The average Bonchev–Trinajstić information content (AvgIpc) is 3.12. The highest BCUT2D eigenvalue weighted by Crippen LogP contribution is 2.30. The lowest BCUT2D eigenvalue weighted by atomic mass is 10.1. The Morgan fingerprint density at radius 1 is 1.03 bits per heavy atom. The van der Waals surface area contributed by atoms with E-state index in [1.165, 1.54) is 36.4 Å².